The zero-order valence-electron chi connectivity index (χ0n) is 12.5. The summed E-state index contributed by atoms with van der Waals surface area (Å²) in [6.45, 7) is 8.63. The molecule has 0 unspecified atom stereocenters. The Balaban J connectivity index is 2.24. The Morgan fingerprint density at radius 1 is 1.16 bits per heavy atom. The summed E-state index contributed by atoms with van der Waals surface area (Å²) in [6, 6.07) is 2.05. The van der Waals surface area contributed by atoms with Gasteiger partial charge in [-0.2, -0.15) is 0 Å². The van der Waals surface area contributed by atoms with Gasteiger partial charge in [0, 0.05) is 38.7 Å². The van der Waals surface area contributed by atoms with Crippen molar-refractivity contribution in [3.05, 3.63) is 11.9 Å². The molecule has 0 spiro atoms. The van der Waals surface area contributed by atoms with E-state index in [-0.39, 0.29) is 0 Å². The van der Waals surface area contributed by atoms with Crippen molar-refractivity contribution in [3.63, 3.8) is 0 Å². The Bertz CT molecular complexity index is 418. The van der Waals surface area contributed by atoms with Crippen LogP contribution in [-0.2, 0) is 0 Å². The van der Waals surface area contributed by atoms with Gasteiger partial charge in [0.05, 0.1) is 0 Å². The lowest BCUT2D eigenvalue weighted by molar-refractivity contribution is 0.360. The Morgan fingerprint density at radius 3 is 2.63 bits per heavy atom. The van der Waals surface area contributed by atoms with Gasteiger partial charge in [-0.15, -0.1) is 0 Å². The molecule has 2 heterocycles. The van der Waals surface area contributed by atoms with E-state index < -0.39 is 0 Å². The standard InChI is InChI=1S/C14H25N5/c1-11(2)14-16-12(15-3)10-13(17-14)19-7-5-6-18(4)8-9-19/h10-11H,5-9H2,1-4H3,(H,15,16,17). The van der Waals surface area contributed by atoms with Crippen molar-refractivity contribution in [2.45, 2.75) is 26.2 Å². The first-order chi connectivity index (χ1) is 9.10. The molecule has 106 valence electrons. The fraction of sp³-hybridized carbons (Fsp3) is 0.714. The first-order valence-corrected chi connectivity index (χ1v) is 7.10. The molecule has 19 heavy (non-hydrogen) atoms. The number of aromatic nitrogens is 2. The molecule has 1 saturated heterocycles. The summed E-state index contributed by atoms with van der Waals surface area (Å²) >= 11 is 0. The second-order valence-corrected chi connectivity index (χ2v) is 5.52. The molecule has 0 radical (unpaired) electrons. The highest BCUT2D eigenvalue weighted by atomic mass is 15.2. The third-order valence-corrected chi connectivity index (χ3v) is 3.55. The minimum atomic E-state index is 0.349. The fourth-order valence-corrected chi connectivity index (χ4v) is 2.28. The zero-order chi connectivity index (χ0) is 13.8. The van der Waals surface area contributed by atoms with Crippen molar-refractivity contribution < 1.29 is 0 Å². The van der Waals surface area contributed by atoms with E-state index in [9.17, 15) is 0 Å². The molecule has 0 atom stereocenters. The molecule has 5 nitrogen and oxygen atoms in total. The van der Waals surface area contributed by atoms with E-state index in [2.05, 4.69) is 47.1 Å². The number of nitrogens with one attached hydrogen (secondary N) is 1. The maximum Gasteiger partial charge on any atom is 0.135 e. The molecule has 0 saturated carbocycles. The molecule has 1 fully saturated rings. The first-order valence-electron chi connectivity index (χ1n) is 7.10. The van der Waals surface area contributed by atoms with E-state index in [1.54, 1.807) is 0 Å². The van der Waals surface area contributed by atoms with Gasteiger partial charge in [-0.05, 0) is 20.0 Å². The van der Waals surface area contributed by atoms with Gasteiger partial charge in [0.1, 0.15) is 17.5 Å². The highest BCUT2D eigenvalue weighted by Crippen LogP contribution is 2.20. The van der Waals surface area contributed by atoms with Crippen LogP contribution >= 0.6 is 0 Å². The van der Waals surface area contributed by atoms with Crippen LogP contribution < -0.4 is 10.2 Å². The quantitative estimate of drug-likeness (QED) is 0.900. The summed E-state index contributed by atoms with van der Waals surface area (Å²) in [7, 11) is 4.09. The van der Waals surface area contributed by atoms with E-state index in [1.165, 1.54) is 6.42 Å². The maximum atomic E-state index is 4.73. The smallest absolute Gasteiger partial charge is 0.135 e. The maximum absolute atomic E-state index is 4.73. The number of likely N-dealkylation sites (N-methyl/N-ethyl adjacent to an activating group) is 1. The molecule has 5 heteroatoms. The Hall–Kier alpha value is -1.36. The topological polar surface area (TPSA) is 44.3 Å². The Kier molecular flexibility index (Phi) is 4.58. The second-order valence-electron chi connectivity index (χ2n) is 5.52. The highest BCUT2D eigenvalue weighted by molar-refractivity contribution is 5.49. The van der Waals surface area contributed by atoms with Crippen molar-refractivity contribution in [1.82, 2.24) is 14.9 Å². The van der Waals surface area contributed by atoms with Gasteiger partial charge in [-0.1, -0.05) is 13.8 Å². The van der Waals surface area contributed by atoms with Crippen LogP contribution in [-0.4, -0.2) is 55.1 Å². The SMILES string of the molecule is CNc1cc(N2CCCN(C)CC2)nc(C(C)C)n1. The van der Waals surface area contributed by atoms with Gasteiger partial charge >= 0.3 is 0 Å². The summed E-state index contributed by atoms with van der Waals surface area (Å²) in [5, 5.41) is 3.14. The number of nitrogens with zero attached hydrogens (tertiary/aromatic N) is 4. The minimum absolute atomic E-state index is 0.349. The summed E-state index contributed by atoms with van der Waals surface area (Å²) in [4.78, 5) is 14.0. The minimum Gasteiger partial charge on any atom is -0.373 e. The number of rotatable bonds is 3. The average Bonchev–Trinajstić information content (AvgIpc) is 2.63. The lowest BCUT2D eigenvalue weighted by Gasteiger charge is -2.23. The number of hydrogen-bond donors (Lipinski definition) is 1. The van der Waals surface area contributed by atoms with E-state index >= 15 is 0 Å². The molecule has 1 N–H and O–H groups in total. The van der Waals surface area contributed by atoms with Gasteiger partial charge < -0.3 is 15.1 Å². The Labute approximate surface area is 116 Å². The van der Waals surface area contributed by atoms with Crippen LogP contribution in [0.15, 0.2) is 6.07 Å². The summed E-state index contributed by atoms with van der Waals surface area (Å²) in [5.41, 5.74) is 0. The summed E-state index contributed by atoms with van der Waals surface area (Å²) in [5.74, 6) is 3.23. The Morgan fingerprint density at radius 2 is 1.95 bits per heavy atom. The first kappa shape index (κ1) is 14.1. The van der Waals surface area contributed by atoms with Crippen LogP contribution in [0.3, 0.4) is 0 Å². The van der Waals surface area contributed by atoms with E-state index in [4.69, 9.17) is 4.98 Å². The van der Waals surface area contributed by atoms with Crippen LogP contribution in [0.4, 0.5) is 11.6 Å². The van der Waals surface area contributed by atoms with Crippen LogP contribution in [0, 0.1) is 0 Å². The normalized spacial score (nSPS) is 17.6. The van der Waals surface area contributed by atoms with Crippen molar-refractivity contribution in [1.29, 1.82) is 0 Å². The van der Waals surface area contributed by atoms with Crippen LogP contribution in [0.5, 0.6) is 0 Å². The molecule has 1 aromatic rings. The molecular weight excluding hydrogens is 238 g/mol. The number of hydrogen-bond acceptors (Lipinski definition) is 5. The molecule has 0 aliphatic carbocycles. The second kappa shape index (κ2) is 6.19. The van der Waals surface area contributed by atoms with Crippen molar-refractivity contribution in [2.75, 3.05) is 50.5 Å². The predicted molar refractivity (Wildman–Crippen MR) is 80.0 cm³/mol. The van der Waals surface area contributed by atoms with Crippen LogP contribution in [0.2, 0.25) is 0 Å². The molecule has 2 rings (SSSR count). The predicted octanol–water partition coefficient (Wildman–Crippen LogP) is 1.78. The largest absolute Gasteiger partial charge is 0.373 e. The van der Waals surface area contributed by atoms with Gasteiger partial charge in [-0.25, -0.2) is 9.97 Å². The van der Waals surface area contributed by atoms with Gasteiger partial charge in [0.25, 0.3) is 0 Å². The van der Waals surface area contributed by atoms with E-state index in [0.717, 1.165) is 43.6 Å². The number of anilines is 2. The molecule has 1 aliphatic heterocycles. The van der Waals surface area contributed by atoms with E-state index in [1.807, 2.05) is 7.05 Å². The molecular formula is C14H25N5. The van der Waals surface area contributed by atoms with Crippen LogP contribution in [0.1, 0.15) is 32.0 Å². The van der Waals surface area contributed by atoms with Crippen molar-refractivity contribution >= 4 is 11.6 Å². The monoisotopic (exact) mass is 263 g/mol. The molecule has 0 amide bonds. The highest BCUT2D eigenvalue weighted by Gasteiger charge is 2.16. The molecule has 1 aromatic heterocycles. The zero-order valence-corrected chi connectivity index (χ0v) is 12.5. The van der Waals surface area contributed by atoms with E-state index in [0.29, 0.717) is 5.92 Å². The third-order valence-electron chi connectivity index (χ3n) is 3.55. The van der Waals surface area contributed by atoms with Gasteiger partial charge in [-0.3, -0.25) is 0 Å². The summed E-state index contributed by atoms with van der Waals surface area (Å²) < 4.78 is 0. The van der Waals surface area contributed by atoms with Crippen molar-refractivity contribution in [3.8, 4) is 0 Å². The molecule has 1 aliphatic rings. The molecule has 0 aromatic carbocycles. The summed E-state index contributed by atoms with van der Waals surface area (Å²) in [6.07, 6.45) is 1.19. The lowest BCUT2D eigenvalue weighted by atomic mass is 10.2. The average molecular weight is 263 g/mol. The third kappa shape index (κ3) is 3.56. The lowest BCUT2D eigenvalue weighted by Crippen LogP contribution is -2.29. The molecule has 0 bridgehead atoms. The van der Waals surface area contributed by atoms with Gasteiger partial charge in [0.2, 0.25) is 0 Å². The van der Waals surface area contributed by atoms with Crippen LogP contribution in [0.25, 0.3) is 0 Å². The van der Waals surface area contributed by atoms with Crippen molar-refractivity contribution in [2.24, 2.45) is 0 Å². The van der Waals surface area contributed by atoms with Gasteiger partial charge in [0.15, 0.2) is 0 Å². The fourth-order valence-electron chi connectivity index (χ4n) is 2.28.